The second-order valence-electron chi connectivity index (χ2n) is 8.11. The van der Waals surface area contributed by atoms with E-state index in [1.807, 2.05) is 54.3 Å². The normalized spacial score (nSPS) is 14.3. The number of methoxy groups -OCH3 is 2. The molecule has 0 radical (unpaired) electrons. The fourth-order valence-electron chi connectivity index (χ4n) is 4.47. The summed E-state index contributed by atoms with van der Waals surface area (Å²) in [4.78, 5) is 32.6. The number of ether oxygens (including phenoxy) is 2. The average molecular weight is 451 g/mol. The Hall–Kier alpha value is -3.55. The number of anilines is 1. The SMILES string of the molecule is CCn1c(=O)c(N2CCC(C(=O)NCc3cccc(OC)c3OC)CC2)nc2ccccc21. The Morgan fingerprint density at radius 1 is 1.09 bits per heavy atom. The van der Waals surface area contributed by atoms with Crippen LogP contribution in [-0.2, 0) is 17.9 Å². The number of carbonyl (C=O) groups is 1. The van der Waals surface area contributed by atoms with E-state index in [0.717, 1.165) is 16.6 Å². The number of aromatic nitrogens is 2. The lowest BCUT2D eigenvalue weighted by atomic mass is 9.96. The quantitative estimate of drug-likeness (QED) is 0.596. The molecule has 3 aromatic rings. The van der Waals surface area contributed by atoms with Crippen LogP contribution >= 0.6 is 0 Å². The molecule has 4 rings (SSSR count). The van der Waals surface area contributed by atoms with Gasteiger partial charge in [0.05, 0.1) is 25.3 Å². The molecule has 33 heavy (non-hydrogen) atoms. The van der Waals surface area contributed by atoms with E-state index < -0.39 is 0 Å². The van der Waals surface area contributed by atoms with Gasteiger partial charge in [-0.05, 0) is 38.0 Å². The maximum absolute atomic E-state index is 13.1. The van der Waals surface area contributed by atoms with E-state index in [9.17, 15) is 9.59 Å². The van der Waals surface area contributed by atoms with Crippen LogP contribution in [0.5, 0.6) is 11.5 Å². The van der Waals surface area contributed by atoms with Crippen molar-refractivity contribution in [1.82, 2.24) is 14.9 Å². The summed E-state index contributed by atoms with van der Waals surface area (Å²) in [6, 6.07) is 13.3. The Bertz CT molecular complexity index is 1200. The second-order valence-corrected chi connectivity index (χ2v) is 8.11. The van der Waals surface area contributed by atoms with Gasteiger partial charge >= 0.3 is 0 Å². The molecule has 0 bridgehead atoms. The molecule has 1 aliphatic rings. The minimum atomic E-state index is -0.105. The van der Waals surface area contributed by atoms with Crippen LogP contribution in [0.2, 0.25) is 0 Å². The van der Waals surface area contributed by atoms with E-state index in [2.05, 4.69) is 10.3 Å². The molecule has 2 heterocycles. The summed E-state index contributed by atoms with van der Waals surface area (Å²) in [6.07, 6.45) is 1.34. The number of hydrogen-bond acceptors (Lipinski definition) is 6. The number of hydrogen-bond donors (Lipinski definition) is 1. The van der Waals surface area contributed by atoms with Gasteiger partial charge in [0.25, 0.3) is 5.56 Å². The number of benzene rings is 2. The molecule has 1 saturated heterocycles. The number of nitrogens with one attached hydrogen (secondary N) is 1. The monoisotopic (exact) mass is 450 g/mol. The van der Waals surface area contributed by atoms with E-state index in [-0.39, 0.29) is 17.4 Å². The number of carbonyl (C=O) groups excluding carboxylic acids is 1. The zero-order valence-electron chi connectivity index (χ0n) is 19.3. The molecule has 1 fully saturated rings. The summed E-state index contributed by atoms with van der Waals surface area (Å²) >= 11 is 0. The Balaban J connectivity index is 1.42. The van der Waals surface area contributed by atoms with Crippen LogP contribution < -0.4 is 25.2 Å². The molecule has 8 nitrogen and oxygen atoms in total. The van der Waals surface area contributed by atoms with Crippen molar-refractivity contribution in [1.29, 1.82) is 0 Å². The van der Waals surface area contributed by atoms with Gasteiger partial charge in [-0.1, -0.05) is 24.3 Å². The number of rotatable bonds is 7. The highest BCUT2D eigenvalue weighted by Crippen LogP contribution is 2.30. The maximum Gasteiger partial charge on any atom is 0.293 e. The fraction of sp³-hybridized carbons (Fsp3) is 0.400. The smallest absolute Gasteiger partial charge is 0.293 e. The van der Waals surface area contributed by atoms with E-state index >= 15 is 0 Å². The molecule has 2 aromatic carbocycles. The Labute approximate surface area is 193 Å². The third kappa shape index (κ3) is 4.51. The summed E-state index contributed by atoms with van der Waals surface area (Å²) in [6.45, 7) is 4.15. The van der Waals surface area contributed by atoms with Crippen molar-refractivity contribution in [3.05, 3.63) is 58.4 Å². The molecular weight excluding hydrogens is 420 g/mol. The van der Waals surface area contributed by atoms with Crippen molar-refractivity contribution < 1.29 is 14.3 Å². The zero-order valence-corrected chi connectivity index (χ0v) is 19.3. The summed E-state index contributed by atoms with van der Waals surface area (Å²) < 4.78 is 12.5. The number of nitrogens with zero attached hydrogens (tertiary/aromatic N) is 3. The van der Waals surface area contributed by atoms with Gasteiger partial charge in [0.1, 0.15) is 0 Å². The number of fused-ring (bicyclic) bond motifs is 1. The molecule has 0 aliphatic carbocycles. The molecule has 8 heteroatoms. The number of para-hydroxylation sites is 3. The number of aryl methyl sites for hydroxylation is 1. The minimum absolute atomic E-state index is 0.0111. The van der Waals surface area contributed by atoms with Crippen LogP contribution in [0.1, 0.15) is 25.3 Å². The van der Waals surface area contributed by atoms with Gasteiger partial charge in [-0.15, -0.1) is 0 Å². The van der Waals surface area contributed by atoms with Crippen molar-refractivity contribution in [2.75, 3.05) is 32.2 Å². The van der Waals surface area contributed by atoms with E-state index in [1.165, 1.54) is 0 Å². The van der Waals surface area contributed by atoms with Gasteiger partial charge in [-0.25, -0.2) is 4.98 Å². The van der Waals surface area contributed by atoms with E-state index in [4.69, 9.17) is 9.47 Å². The fourth-order valence-corrected chi connectivity index (χ4v) is 4.47. The molecule has 1 amide bonds. The largest absolute Gasteiger partial charge is 0.493 e. The van der Waals surface area contributed by atoms with Crippen LogP contribution in [0.15, 0.2) is 47.3 Å². The summed E-state index contributed by atoms with van der Waals surface area (Å²) in [7, 11) is 3.18. The first-order chi connectivity index (χ1) is 16.1. The van der Waals surface area contributed by atoms with Crippen LogP contribution in [0.4, 0.5) is 5.82 Å². The van der Waals surface area contributed by atoms with Crippen molar-refractivity contribution in [2.24, 2.45) is 5.92 Å². The summed E-state index contributed by atoms with van der Waals surface area (Å²) in [5, 5.41) is 3.03. The van der Waals surface area contributed by atoms with Gasteiger partial charge in [0, 0.05) is 37.7 Å². The predicted octanol–water partition coefficient (Wildman–Crippen LogP) is 2.97. The number of piperidine rings is 1. The first-order valence-corrected chi connectivity index (χ1v) is 11.3. The average Bonchev–Trinajstić information content (AvgIpc) is 2.86. The van der Waals surface area contributed by atoms with Crippen LogP contribution in [0.3, 0.4) is 0 Å². The Morgan fingerprint density at radius 3 is 2.55 bits per heavy atom. The minimum Gasteiger partial charge on any atom is -0.493 e. The summed E-state index contributed by atoms with van der Waals surface area (Å²) in [5.74, 6) is 1.64. The highest BCUT2D eigenvalue weighted by molar-refractivity contribution is 5.79. The zero-order chi connectivity index (χ0) is 23.4. The van der Waals surface area contributed by atoms with Crippen LogP contribution in [0, 0.1) is 5.92 Å². The number of amides is 1. The van der Waals surface area contributed by atoms with Crippen molar-refractivity contribution in [3.8, 4) is 11.5 Å². The lowest BCUT2D eigenvalue weighted by Crippen LogP contribution is -2.43. The lowest BCUT2D eigenvalue weighted by Gasteiger charge is -2.32. The summed E-state index contributed by atoms with van der Waals surface area (Å²) in [5.41, 5.74) is 2.43. The maximum atomic E-state index is 13.1. The molecule has 0 unspecified atom stereocenters. The predicted molar refractivity (Wildman–Crippen MR) is 128 cm³/mol. The van der Waals surface area contributed by atoms with Gasteiger partial charge < -0.3 is 24.3 Å². The molecular formula is C25H30N4O4. The Kier molecular flexibility index (Phi) is 6.82. The van der Waals surface area contributed by atoms with Crippen molar-refractivity contribution >= 4 is 22.8 Å². The standard InChI is InChI=1S/C25H30N4O4/c1-4-29-20-10-6-5-9-19(20)27-23(25(29)31)28-14-12-17(13-15-28)24(30)26-16-18-8-7-11-21(32-2)22(18)33-3/h5-11,17H,4,12-16H2,1-3H3,(H,26,30). The molecule has 1 aliphatic heterocycles. The molecule has 0 saturated carbocycles. The molecule has 1 aromatic heterocycles. The van der Waals surface area contributed by atoms with E-state index in [0.29, 0.717) is 56.3 Å². The van der Waals surface area contributed by atoms with Gasteiger partial charge in [-0.2, -0.15) is 0 Å². The van der Waals surface area contributed by atoms with Crippen molar-refractivity contribution in [2.45, 2.75) is 32.9 Å². The lowest BCUT2D eigenvalue weighted by molar-refractivity contribution is -0.125. The van der Waals surface area contributed by atoms with Gasteiger partial charge in [0.15, 0.2) is 17.3 Å². The highest BCUT2D eigenvalue weighted by atomic mass is 16.5. The van der Waals surface area contributed by atoms with Crippen LogP contribution in [0.25, 0.3) is 11.0 Å². The van der Waals surface area contributed by atoms with Crippen LogP contribution in [-0.4, -0.2) is 42.8 Å². The van der Waals surface area contributed by atoms with Crippen molar-refractivity contribution in [3.63, 3.8) is 0 Å². The third-order valence-electron chi connectivity index (χ3n) is 6.25. The Morgan fingerprint density at radius 2 is 1.85 bits per heavy atom. The molecule has 0 atom stereocenters. The first-order valence-electron chi connectivity index (χ1n) is 11.3. The highest BCUT2D eigenvalue weighted by Gasteiger charge is 2.27. The molecule has 0 spiro atoms. The molecule has 1 N–H and O–H groups in total. The first kappa shape index (κ1) is 22.6. The van der Waals surface area contributed by atoms with Gasteiger partial charge in [0.2, 0.25) is 5.91 Å². The molecule has 174 valence electrons. The van der Waals surface area contributed by atoms with E-state index in [1.54, 1.807) is 18.8 Å². The second kappa shape index (κ2) is 9.94. The third-order valence-corrected chi connectivity index (χ3v) is 6.25. The van der Waals surface area contributed by atoms with Gasteiger partial charge in [-0.3, -0.25) is 9.59 Å². The topological polar surface area (TPSA) is 85.7 Å².